The number of benzene rings is 2. The monoisotopic (exact) mass is 276 g/mol. The average Bonchev–Trinajstić information content (AvgIpc) is 2.42. The molecule has 0 fully saturated rings. The second kappa shape index (κ2) is 6.09. The van der Waals surface area contributed by atoms with Gasteiger partial charge in [-0.1, -0.05) is 30.7 Å². The largest absolute Gasteiger partial charge is 0.457 e. The van der Waals surface area contributed by atoms with Gasteiger partial charge < -0.3 is 9.84 Å². The van der Waals surface area contributed by atoms with E-state index in [1.165, 1.54) is 0 Å². The molecular formula is C16H17ClO2. The molecule has 0 aliphatic carbocycles. The first-order valence-electron chi connectivity index (χ1n) is 6.32. The van der Waals surface area contributed by atoms with Crippen molar-refractivity contribution < 1.29 is 9.84 Å². The Balaban J connectivity index is 2.15. The first kappa shape index (κ1) is 13.9. The summed E-state index contributed by atoms with van der Waals surface area (Å²) in [5.41, 5.74) is 1.90. The van der Waals surface area contributed by atoms with Crippen molar-refractivity contribution in [3.8, 4) is 11.5 Å². The van der Waals surface area contributed by atoms with Gasteiger partial charge in [0.15, 0.2) is 0 Å². The minimum absolute atomic E-state index is 0.411. The summed E-state index contributed by atoms with van der Waals surface area (Å²) in [6, 6.07) is 13.0. The first-order valence-corrected chi connectivity index (χ1v) is 6.70. The molecule has 19 heavy (non-hydrogen) atoms. The van der Waals surface area contributed by atoms with Gasteiger partial charge in [0.25, 0.3) is 0 Å². The van der Waals surface area contributed by atoms with Crippen LogP contribution in [0.25, 0.3) is 0 Å². The number of ether oxygens (including phenoxy) is 1. The summed E-state index contributed by atoms with van der Waals surface area (Å²) in [5.74, 6) is 1.53. The number of aliphatic hydroxyl groups is 1. The Hall–Kier alpha value is -1.51. The van der Waals surface area contributed by atoms with E-state index in [4.69, 9.17) is 16.3 Å². The van der Waals surface area contributed by atoms with E-state index in [-0.39, 0.29) is 0 Å². The standard InChI is InChI=1S/C16H17ClO2/c1-3-15(18)12-4-7-14(8-5-12)19-16-9-6-13(17)10-11(16)2/h4-10,15,18H,3H2,1-2H3. The van der Waals surface area contributed by atoms with Gasteiger partial charge in [0.1, 0.15) is 11.5 Å². The molecule has 1 unspecified atom stereocenters. The fraction of sp³-hybridized carbons (Fsp3) is 0.250. The van der Waals surface area contributed by atoms with Crippen molar-refractivity contribution >= 4 is 11.6 Å². The van der Waals surface area contributed by atoms with Gasteiger partial charge in [0.2, 0.25) is 0 Å². The Morgan fingerprint density at radius 1 is 1.16 bits per heavy atom. The Bertz CT molecular complexity index is 549. The topological polar surface area (TPSA) is 29.5 Å². The molecule has 0 aliphatic rings. The van der Waals surface area contributed by atoms with E-state index in [9.17, 15) is 5.11 Å². The summed E-state index contributed by atoms with van der Waals surface area (Å²) in [5, 5.41) is 10.4. The summed E-state index contributed by atoms with van der Waals surface area (Å²) in [4.78, 5) is 0. The third-order valence-electron chi connectivity index (χ3n) is 3.02. The van der Waals surface area contributed by atoms with Crippen LogP contribution in [0.2, 0.25) is 5.02 Å². The zero-order valence-corrected chi connectivity index (χ0v) is 11.8. The van der Waals surface area contributed by atoms with Gasteiger partial charge in [-0.3, -0.25) is 0 Å². The van der Waals surface area contributed by atoms with Crippen LogP contribution < -0.4 is 4.74 Å². The lowest BCUT2D eigenvalue weighted by atomic mass is 10.1. The summed E-state index contributed by atoms with van der Waals surface area (Å²) < 4.78 is 5.79. The van der Waals surface area contributed by atoms with Crippen molar-refractivity contribution in [3.05, 3.63) is 58.6 Å². The van der Waals surface area contributed by atoms with Gasteiger partial charge in [-0.15, -0.1) is 0 Å². The third-order valence-corrected chi connectivity index (χ3v) is 3.25. The van der Waals surface area contributed by atoms with E-state index >= 15 is 0 Å². The van der Waals surface area contributed by atoms with E-state index in [2.05, 4.69) is 0 Å². The summed E-state index contributed by atoms with van der Waals surface area (Å²) in [6.45, 7) is 3.91. The molecule has 0 bridgehead atoms. The van der Waals surface area contributed by atoms with Gasteiger partial charge in [0, 0.05) is 5.02 Å². The Morgan fingerprint density at radius 2 is 1.84 bits per heavy atom. The van der Waals surface area contributed by atoms with Crippen LogP contribution in [0.3, 0.4) is 0 Å². The Labute approximate surface area is 118 Å². The van der Waals surface area contributed by atoms with Crippen LogP contribution in [-0.4, -0.2) is 5.11 Å². The number of aliphatic hydroxyl groups excluding tert-OH is 1. The lowest BCUT2D eigenvalue weighted by molar-refractivity contribution is 0.173. The van der Waals surface area contributed by atoms with Gasteiger partial charge >= 0.3 is 0 Å². The van der Waals surface area contributed by atoms with E-state index < -0.39 is 6.10 Å². The first-order chi connectivity index (χ1) is 9.10. The zero-order chi connectivity index (χ0) is 13.8. The number of rotatable bonds is 4. The van der Waals surface area contributed by atoms with Crippen LogP contribution in [-0.2, 0) is 0 Å². The molecule has 0 aliphatic heterocycles. The van der Waals surface area contributed by atoms with Crippen molar-refractivity contribution in [2.75, 3.05) is 0 Å². The Kier molecular flexibility index (Phi) is 4.46. The highest BCUT2D eigenvalue weighted by atomic mass is 35.5. The van der Waals surface area contributed by atoms with E-state index in [1.54, 1.807) is 6.07 Å². The molecule has 3 heteroatoms. The highest BCUT2D eigenvalue weighted by Gasteiger charge is 2.06. The summed E-state index contributed by atoms with van der Waals surface area (Å²) in [7, 11) is 0. The van der Waals surface area contributed by atoms with Gasteiger partial charge in [0.05, 0.1) is 6.10 Å². The average molecular weight is 277 g/mol. The molecule has 0 heterocycles. The van der Waals surface area contributed by atoms with Gasteiger partial charge in [-0.2, -0.15) is 0 Å². The van der Waals surface area contributed by atoms with Crippen molar-refractivity contribution in [3.63, 3.8) is 0 Å². The number of hydrogen-bond acceptors (Lipinski definition) is 2. The van der Waals surface area contributed by atoms with E-state index in [0.29, 0.717) is 11.4 Å². The molecule has 100 valence electrons. The van der Waals surface area contributed by atoms with Crippen LogP contribution >= 0.6 is 11.6 Å². The normalized spacial score (nSPS) is 12.2. The fourth-order valence-electron chi connectivity index (χ4n) is 1.85. The second-order valence-corrected chi connectivity index (χ2v) is 4.94. The maximum Gasteiger partial charge on any atom is 0.130 e. The SMILES string of the molecule is CCC(O)c1ccc(Oc2ccc(Cl)cc2C)cc1. The Morgan fingerprint density at radius 3 is 2.42 bits per heavy atom. The lowest BCUT2D eigenvalue weighted by Gasteiger charge is -2.11. The van der Waals surface area contributed by atoms with Gasteiger partial charge in [-0.05, 0) is 54.8 Å². The quantitative estimate of drug-likeness (QED) is 0.862. The molecule has 1 atom stereocenters. The zero-order valence-electron chi connectivity index (χ0n) is 11.1. The van der Waals surface area contributed by atoms with Crippen molar-refractivity contribution in [1.29, 1.82) is 0 Å². The summed E-state index contributed by atoms with van der Waals surface area (Å²) in [6.07, 6.45) is 0.294. The highest BCUT2D eigenvalue weighted by Crippen LogP contribution is 2.28. The molecule has 0 aromatic heterocycles. The van der Waals surface area contributed by atoms with Crippen molar-refractivity contribution in [2.45, 2.75) is 26.4 Å². The molecule has 0 radical (unpaired) electrons. The van der Waals surface area contributed by atoms with Crippen molar-refractivity contribution in [2.24, 2.45) is 0 Å². The fourth-order valence-corrected chi connectivity index (χ4v) is 2.07. The maximum absolute atomic E-state index is 9.73. The lowest BCUT2D eigenvalue weighted by Crippen LogP contribution is -1.94. The molecule has 1 N–H and O–H groups in total. The molecule has 0 saturated heterocycles. The van der Waals surface area contributed by atoms with E-state index in [0.717, 1.165) is 22.6 Å². The molecule has 2 aromatic carbocycles. The predicted molar refractivity (Wildman–Crippen MR) is 78.0 cm³/mol. The minimum Gasteiger partial charge on any atom is -0.457 e. The molecule has 2 aromatic rings. The number of aryl methyl sites for hydroxylation is 1. The molecule has 2 nitrogen and oxygen atoms in total. The summed E-state index contributed by atoms with van der Waals surface area (Å²) >= 11 is 5.91. The minimum atomic E-state index is -0.411. The highest BCUT2D eigenvalue weighted by molar-refractivity contribution is 6.30. The molecular weight excluding hydrogens is 260 g/mol. The second-order valence-electron chi connectivity index (χ2n) is 4.50. The van der Waals surface area contributed by atoms with Gasteiger partial charge in [-0.25, -0.2) is 0 Å². The molecule has 0 amide bonds. The number of hydrogen-bond donors (Lipinski definition) is 1. The van der Waals surface area contributed by atoms with E-state index in [1.807, 2.05) is 50.2 Å². The molecule has 0 spiro atoms. The van der Waals surface area contributed by atoms with Crippen LogP contribution in [0, 0.1) is 6.92 Å². The third kappa shape index (κ3) is 3.49. The van der Waals surface area contributed by atoms with Crippen LogP contribution in [0.15, 0.2) is 42.5 Å². The predicted octanol–water partition coefficient (Wildman–Crippen LogP) is 4.88. The smallest absolute Gasteiger partial charge is 0.130 e. The van der Waals surface area contributed by atoms with Crippen LogP contribution in [0.1, 0.15) is 30.6 Å². The number of halogens is 1. The van der Waals surface area contributed by atoms with Crippen LogP contribution in [0.5, 0.6) is 11.5 Å². The van der Waals surface area contributed by atoms with Crippen LogP contribution in [0.4, 0.5) is 0 Å². The maximum atomic E-state index is 9.73. The molecule has 2 rings (SSSR count). The van der Waals surface area contributed by atoms with Crippen molar-refractivity contribution in [1.82, 2.24) is 0 Å². The molecule has 0 saturated carbocycles.